The molecule has 1 aromatic carbocycles. The lowest BCUT2D eigenvalue weighted by Gasteiger charge is -2.35. The SMILES string of the molecule is COc1ccc(C(=O)N2CCC(N)C(C)C2)cc1Br.Cl. The van der Waals surface area contributed by atoms with Gasteiger partial charge in [-0.15, -0.1) is 12.4 Å². The number of hydrogen-bond donors (Lipinski definition) is 1. The molecule has 0 aliphatic carbocycles. The molecule has 1 heterocycles. The van der Waals surface area contributed by atoms with Crippen LogP contribution in [-0.4, -0.2) is 37.0 Å². The summed E-state index contributed by atoms with van der Waals surface area (Å²) < 4.78 is 5.96. The highest BCUT2D eigenvalue weighted by atomic mass is 79.9. The number of benzene rings is 1. The molecule has 1 aromatic rings. The molecule has 1 amide bonds. The van der Waals surface area contributed by atoms with Crippen LogP contribution in [0.5, 0.6) is 5.75 Å². The second-order valence-electron chi connectivity index (χ2n) is 5.03. The predicted octanol–water partition coefficient (Wildman–Crippen LogP) is 2.69. The Balaban J connectivity index is 0.00000200. The fourth-order valence-electron chi connectivity index (χ4n) is 2.33. The number of hydrogen-bond acceptors (Lipinski definition) is 3. The Hall–Kier alpha value is -0.780. The van der Waals surface area contributed by atoms with Crippen LogP contribution in [0.15, 0.2) is 22.7 Å². The molecule has 1 saturated heterocycles. The molecule has 2 rings (SSSR count). The molecule has 2 atom stereocenters. The minimum absolute atomic E-state index is 0. The van der Waals surface area contributed by atoms with E-state index in [2.05, 4.69) is 22.9 Å². The van der Waals surface area contributed by atoms with Crippen molar-refractivity contribution >= 4 is 34.2 Å². The Morgan fingerprint density at radius 3 is 2.75 bits per heavy atom. The Labute approximate surface area is 134 Å². The fraction of sp³-hybridized carbons (Fsp3) is 0.500. The van der Waals surface area contributed by atoms with E-state index in [1.807, 2.05) is 4.90 Å². The van der Waals surface area contributed by atoms with Crippen LogP contribution in [0.4, 0.5) is 0 Å². The number of likely N-dealkylation sites (tertiary alicyclic amines) is 1. The first kappa shape index (κ1) is 17.3. The Bertz CT molecular complexity index is 484. The zero-order valence-corrected chi connectivity index (χ0v) is 14.0. The lowest BCUT2D eigenvalue weighted by atomic mass is 9.94. The molecule has 0 radical (unpaired) electrons. The average Bonchev–Trinajstić information content (AvgIpc) is 2.41. The maximum absolute atomic E-state index is 12.4. The summed E-state index contributed by atoms with van der Waals surface area (Å²) in [6.45, 7) is 3.55. The summed E-state index contributed by atoms with van der Waals surface area (Å²) in [6.07, 6.45) is 0.865. The van der Waals surface area contributed by atoms with E-state index in [0.717, 1.165) is 29.7 Å². The highest BCUT2D eigenvalue weighted by Crippen LogP contribution is 2.26. The van der Waals surface area contributed by atoms with E-state index in [4.69, 9.17) is 10.5 Å². The monoisotopic (exact) mass is 362 g/mol. The quantitative estimate of drug-likeness (QED) is 0.879. The molecule has 0 spiro atoms. The molecule has 1 fully saturated rings. The van der Waals surface area contributed by atoms with Crippen LogP contribution < -0.4 is 10.5 Å². The van der Waals surface area contributed by atoms with Crippen molar-refractivity contribution in [3.63, 3.8) is 0 Å². The molecular formula is C14H20BrClN2O2. The largest absolute Gasteiger partial charge is 0.496 e. The summed E-state index contributed by atoms with van der Waals surface area (Å²) in [6, 6.07) is 5.61. The number of halogens is 2. The van der Waals surface area contributed by atoms with E-state index in [0.29, 0.717) is 11.5 Å². The smallest absolute Gasteiger partial charge is 0.253 e. The van der Waals surface area contributed by atoms with Crippen molar-refractivity contribution in [1.29, 1.82) is 0 Å². The number of amides is 1. The summed E-state index contributed by atoms with van der Waals surface area (Å²) in [5.41, 5.74) is 6.66. The van der Waals surface area contributed by atoms with E-state index in [1.54, 1.807) is 25.3 Å². The van der Waals surface area contributed by atoms with E-state index in [-0.39, 0.29) is 24.4 Å². The first-order valence-corrected chi connectivity index (χ1v) is 7.20. The van der Waals surface area contributed by atoms with Gasteiger partial charge in [-0.05, 0) is 46.5 Å². The van der Waals surface area contributed by atoms with Crippen molar-refractivity contribution in [3.8, 4) is 5.75 Å². The molecule has 2 unspecified atom stereocenters. The van der Waals surface area contributed by atoms with Gasteiger partial charge in [-0.2, -0.15) is 0 Å². The molecule has 1 aliphatic heterocycles. The topological polar surface area (TPSA) is 55.6 Å². The molecule has 4 nitrogen and oxygen atoms in total. The summed E-state index contributed by atoms with van der Waals surface area (Å²) in [5.74, 6) is 1.13. The Morgan fingerprint density at radius 2 is 2.20 bits per heavy atom. The Kier molecular flexibility index (Phi) is 6.30. The van der Waals surface area contributed by atoms with Gasteiger partial charge in [-0.3, -0.25) is 4.79 Å². The molecule has 6 heteroatoms. The standard InChI is InChI=1S/C14H19BrN2O2.ClH/c1-9-8-17(6-5-12(9)16)14(18)10-3-4-13(19-2)11(15)7-10;/h3-4,7,9,12H,5-6,8,16H2,1-2H3;1H. The molecule has 0 bridgehead atoms. The third-order valence-corrected chi connectivity index (χ3v) is 4.28. The van der Waals surface area contributed by atoms with Gasteiger partial charge in [-0.25, -0.2) is 0 Å². The average molecular weight is 364 g/mol. The van der Waals surface area contributed by atoms with Crippen LogP contribution in [0.1, 0.15) is 23.7 Å². The van der Waals surface area contributed by atoms with Crippen LogP contribution in [0.3, 0.4) is 0 Å². The van der Waals surface area contributed by atoms with Gasteiger partial charge < -0.3 is 15.4 Å². The molecule has 0 saturated carbocycles. The van der Waals surface area contributed by atoms with Crippen LogP contribution in [0.2, 0.25) is 0 Å². The van der Waals surface area contributed by atoms with Crippen molar-refractivity contribution in [3.05, 3.63) is 28.2 Å². The maximum Gasteiger partial charge on any atom is 0.253 e. The Morgan fingerprint density at radius 1 is 1.50 bits per heavy atom. The molecular weight excluding hydrogens is 344 g/mol. The minimum atomic E-state index is 0. The van der Waals surface area contributed by atoms with E-state index in [9.17, 15) is 4.79 Å². The molecule has 112 valence electrons. The number of carbonyl (C=O) groups excluding carboxylic acids is 1. The number of piperidine rings is 1. The third-order valence-electron chi connectivity index (χ3n) is 3.66. The summed E-state index contributed by atoms with van der Waals surface area (Å²) >= 11 is 3.41. The first-order valence-electron chi connectivity index (χ1n) is 6.41. The van der Waals surface area contributed by atoms with E-state index in [1.165, 1.54) is 0 Å². The summed E-state index contributed by atoms with van der Waals surface area (Å²) in [5, 5.41) is 0. The van der Waals surface area contributed by atoms with Gasteiger partial charge in [0.1, 0.15) is 5.75 Å². The molecule has 0 aromatic heterocycles. The third kappa shape index (κ3) is 3.65. The van der Waals surface area contributed by atoms with Crippen molar-refractivity contribution < 1.29 is 9.53 Å². The lowest BCUT2D eigenvalue weighted by Crippen LogP contribution is -2.48. The molecule has 2 N–H and O–H groups in total. The van der Waals surface area contributed by atoms with Crippen LogP contribution >= 0.6 is 28.3 Å². The van der Waals surface area contributed by atoms with Gasteiger partial charge in [0.2, 0.25) is 0 Å². The van der Waals surface area contributed by atoms with Gasteiger partial charge in [0.15, 0.2) is 0 Å². The lowest BCUT2D eigenvalue weighted by molar-refractivity contribution is 0.0664. The van der Waals surface area contributed by atoms with Crippen LogP contribution in [0.25, 0.3) is 0 Å². The second kappa shape index (κ2) is 7.29. The highest BCUT2D eigenvalue weighted by molar-refractivity contribution is 9.10. The number of ether oxygens (including phenoxy) is 1. The van der Waals surface area contributed by atoms with Gasteiger partial charge >= 0.3 is 0 Å². The number of rotatable bonds is 2. The minimum Gasteiger partial charge on any atom is -0.496 e. The van der Waals surface area contributed by atoms with E-state index >= 15 is 0 Å². The number of methoxy groups -OCH3 is 1. The van der Waals surface area contributed by atoms with Crippen LogP contribution in [-0.2, 0) is 0 Å². The van der Waals surface area contributed by atoms with Crippen molar-refractivity contribution in [2.75, 3.05) is 20.2 Å². The van der Waals surface area contributed by atoms with Gasteiger partial charge in [0, 0.05) is 24.7 Å². The van der Waals surface area contributed by atoms with Crippen molar-refractivity contribution in [2.45, 2.75) is 19.4 Å². The van der Waals surface area contributed by atoms with Gasteiger partial charge in [0.05, 0.1) is 11.6 Å². The van der Waals surface area contributed by atoms with Crippen molar-refractivity contribution in [1.82, 2.24) is 4.90 Å². The fourth-order valence-corrected chi connectivity index (χ4v) is 2.87. The molecule has 20 heavy (non-hydrogen) atoms. The highest BCUT2D eigenvalue weighted by Gasteiger charge is 2.27. The summed E-state index contributed by atoms with van der Waals surface area (Å²) in [7, 11) is 1.61. The van der Waals surface area contributed by atoms with E-state index < -0.39 is 0 Å². The second-order valence-corrected chi connectivity index (χ2v) is 5.88. The summed E-state index contributed by atoms with van der Waals surface area (Å²) in [4.78, 5) is 14.3. The number of nitrogens with zero attached hydrogens (tertiary/aromatic N) is 1. The van der Waals surface area contributed by atoms with Gasteiger partial charge in [-0.1, -0.05) is 6.92 Å². The number of carbonyl (C=O) groups is 1. The first-order chi connectivity index (χ1) is 9.02. The number of nitrogens with two attached hydrogens (primary N) is 1. The zero-order chi connectivity index (χ0) is 14.0. The maximum atomic E-state index is 12.4. The molecule has 1 aliphatic rings. The van der Waals surface area contributed by atoms with Crippen molar-refractivity contribution in [2.24, 2.45) is 11.7 Å². The van der Waals surface area contributed by atoms with Crippen LogP contribution in [0, 0.1) is 5.92 Å². The zero-order valence-electron chi connectivity index (χ0n) is 11.6. The predicted molar refractivity (Wildman–Crippen MR) is 85.6 cm³/mol. The normalized spacial score (nSPS) is 22.1. The van der Waals surface area contributed by atoms with Gasteiger partial charge in [0.25, 0.3) is 5.91 Å².